The van der Waals surface area contributed by atoms with Gasteiger partial charge in [-0.2, -0.15) is 15.5 Å². The van der Waals surface area contributed by atoms with Gasteiger partial charge in [-0.1, -0.05) is 95.4 Å². The Labute approximate surface area is 257 Å². The summed E-state index contributed by atoms with van der Waals surface area (Å²) in [6, 6.07) is 19.5. The summed E-state index contributed by atoms with van der Waals surface area (Å²) in [5, 5.41) is 19.4. The number of nitriles is 1. The molecule has 0 aliphatic heterocycles. The largest absolute Gasteiger partial charge is 0.494 e. The number of aryl methyl sites for hydroxylation is 1. The SMILES string of the molecule is CCCCCCCCCCCCC(C#N)(CCCC(CCc1cccc(OCC)c1)/N=N/C)c1cccc(OCC)c1. The van der Waals surface area contributed by atoms with Crippen molar-refractivity contribution in [2.24, 2.45) is 10.2 Å². The van der Waals surface area contributed by atoms with Crippen LogP contribution in [0.4, 0.5) is 0 Å². The van der Waals surface area contributed by atoms with E-state index in [0.717, 1.165) is 62.0 Å². The molecule has 5 nitrogen and oxygen atoms in total. The van der Waals surface area contributed by atoms with Crippen LogP contribution in [-0.4, -0.2) is 26.3 Å². The summed E-state index contributed by atoms with van der Waals surface area (Å²) < 4.78 is 11.5. The topological polar surface area (TPSA) is 67.0 Å². The molecule has 0 spiro atoms. The van der Waals surface area contributed by atoms with Crippen molar-refractivity contribution < 1.29 is 9.47 Å². The molecule has 0 saturated heterocycles. The number of unbranched alkanes of at least 4 members (excludes halogenated alkanes) is 9. The Morgan fingerprint density at radius 2 is 1.33 bits per heavy atom. The summed E-state index contributed by atoms with van der Waals surface area (Å²) in [5.74, 6) is 1.77. The molecule has 2 rings (SSSR count). The van der Waals surface area contributed by atoms with Crippen molar-refractivity contribution in [1.29, 1.82) is 5.26 Å². The second-order valence-electron chi connectivity index (χ2n) is 11.6. The fraction of sp³-hybridized carbons (Fsp3) is 0.649. The Kier molecular flexibility index (Phi) is 18.3. The molecule has 2 unspecified atom stereocenters. The van der Waals surface area contributed by atoms with Crippen LogP contribution in [0.2, 0.25) is 0 Å². The molecule has 2 aromatic rings. The minimum absolute atomic E-state index is 0.147. The first-order valence-electron chi connectivity index (χ1n) is 16.8. The summed E-state index contributed by atoms with van der Waals surface area (Å²) in [6.45, 7) is 7.58. The van der Waals surface area contributed by atoms with Gasteiger partial charge in [-0.25, -0.2) is 0 Å². The Morgan fingerprint density at radius 3 is 1.95 bits per heavy atom. The van der Waals surface area contributed by atoms with Crippen molar-refractivity contribution in [2.75, 3.05) is 20.3 Å². The smallest absolute Gasteiger partial charge is 0.119 e. The van der Waals surface area contributed by atoms with Crippen LogP contribution in [0, 0.1) is 11.3 Å². The first-order chi connectivity index (χ1) is 20.6. The zero-order valence-corrected chi connectivity index (χ0v) is 27.1. The van der Waals surface area contributed by atoms with Gasteiger partial charge in [0.1, 0.15) is 11.5 Å². The van der Waals surface area contributed by atoms with E-state index in [0.29, 0.717) is 13.2 Å². The van der Waals surface area contributed by atoms with Crippen molar-refractivity contribution in [1.82, 2.24) is 0 Å². The van der Waals surface area contributed by atoms with Crippen molar-refractivity contribution in [2.45, 2.75) is 135 Å². The number of azo groups is 1. The van der Waals surface area contributed by atoms with Crippen molar-refractivity contribution in [3.8, 4) is 17.6 Å². The first-order valence-corrected chi connectivity index (χ1v) is 16.8. The molecule has 42 heavy (non-hydrogen) atoms. The second-order valence-corrected chi connectivity index (χ2v) is 11.6. The summed E-state index contributed by atoms with van der Waals surface area (Å²) in [4.78, 5) is 0. The van der Waals surface area contributed by atoms with Crippen LogP contribution in [0.3, 0.4) is 0 Å². The lowest BCUT2D eigenvalue weighted by Crippen LogP contribution is -2.25. The summed E-state index contributed by atoms with van der Waals surface area (Å²) in [7, 11) is 1.76. The Bertz CT molecular complexity index is 1050. The van der Waals surface area contributed by atoms with Gasteiger partial charge in [0.25, 0.3) is 0 Å². The first kappa shape index (κ1) is 35.3. The van der Waals surface area contributed by atoms with Gasteiger partial charge in [0.15, 0.2) is 0 Å². The van der Waals surface area contributed by atoms with Crippen LogP contribution >= 0.6 is 0 Å². The highest BCUT2D eigenvalue weighted by Crippen LogP contribution is 2.37. The molecule has 0 aliphatic rings. The van der Waals surface area contributed by atoms with Gasteiger partial charge in [-0.3, -0.25) is 0 Å². The third kappa shape index (κ3) is 13.4. The van der Waals surface area contributed by atoms with E-state index in [2.05, 4.69) is 53.6 Å². The minimum atomic E-state index is -0.507. The van der Waals surface area contributed by atoms with E-state index in [1.54, 1.807) is 7.05 Å². The summed E-state index contributed by atoms with van der Waals surface area (Å²) in [6.07, 6.45) is 18.4. The summed E-state index contributed by atoms with van der Waals surface area (Å²) in [5.41, 5.74) is 1.85. The lowest BCUT2D eigenvalue weighted by molar-refractivity contribution is 0.337. The van der Waals surface area contributed by atoms with Crippen LogP contribution in [-0.2, 0) is 11.8 Å². The molecule has 0 fully saturated rings. The molecule has 2 aromatic carbocycles. The third-order valence-electron chi connectivity index (χ3n) is 8.26. The maximum Gasteiger partial charge on any atom is 0.119 e. The molecule has 0 aromatic heterocycles. The molecule has 0 radical (unpaired) electrons. The molecule has 0 N–H and O–H groups in total. The second kappa shape index (κ2) is 21.8. The molecular formula is C37H57N3O2. The van der Waals surface area contributed by atoms with E-state index < -0.39 is 5.41 Å². The predicted molar refractivity (Wildman–Crippen MR) is 176 cm³/mol. The lowest BCUT2D eigenvalue weighted by Gasteiger charge is -2.28. The lowest BCUT2D eigenvalue weighted by atomic mass is 9.73. The maximum absolute atomic E-state index is 10.6. The minimum Gasteiger partial charge on any atom is -0.494 e. The average Bonchev–Trinajstić information content (AvgIpc) is 3.00. The Hall–Kier alpha value is -2.87. The molecule has 0 aliphatic carbocycles. The van der Waals surface area contributed by atoms with E-state index in [1.165, 1.54) is 63.4 Å². The molecule has 0 amide bonds. The van der Waals surface area contributed by atoms with Gasteiger partial charge < -0.3 is 9.47 Å². The van der Waals surface area contributed by atoms with Gasteiger partial charge in [-0.05, 0) is 87.8 Å². The van der Waals surface area contributed by atoms with Crippen LogP contribution in [0.25, 0.3) is 0 Å². The van der Waals surface area contributed by atoms with Crippen LogP contribution < -0.4 is 9.47 Å². The van der Waals surface area contributed by atoms with Gasteiger partial charge >= 0.3 is 0 Å². The van der Waals surface area contributed by atoms with Crippen molar-refractivity contribution in [3.05, 3.63) is 59.7 Å². The van der Waals surface area contributed by atoms with E-state index in [9.17, 15) is 5.26 Å². The Balaban J connectivity index is 1.99. The van der Waals surface area contributed by atoms with Gasteiger partial charge in [0, 0.05) is 7.05 Å². The monoisotopic (exact) mass is 575 g/mol. The number of hydrogen-bond acceptors (Lipinski definition) is 5. The normalized spacial score (nSPS) is 13.5. The zero-order chi connectivity index (χ0) is 30.3. The van der Waals surface area contributed by atoms with E-state index in [4.69, 9.17) is 9.47 Å². The molecule has 0 saturated carbocycles. The molecule has 232 valence electrons. The number of hydrogen-bond donors (Lipinski definition) is 0. The third-order valence-corrected chi connectivity index (χ3v) is 8.26. The highest BCUT2D eigenvalue weighted by atomic mass is 16.5. The molecule has 2 atom stereocenters. The van der Waals surface area contributed by atoms with Crippen molar-refractivity contribution >= 4 is 0 Å². The fourth-order valence-corrected chi connectivity index (χ4v) is 5.91. The van der Waals surface area contributed by atoms with Gasteiger partial charge in [0.05, 0.1) is 30.7 Å². The Morgan fingerprint density at radius 1 is 0.738 bits per heavy atom. The van der Waals surface area contributed by atoms with E-state index in [-0.39, 0.29) is 6.04 Å². The van der Waals surface area contributed by atoms with Gasteiger partial charge in [0.2, 0.25) is 0 Å². The highest BCUT2D eigenvalue weighted by Gasteiger charge is 2.32. The average molecular weight is 576 g/mol. The molecule has 0 bridgehead atoms. The summed E-state index contributed by atoms with van der Waals surface area (Å²) >= 11 is 0. The molecular weight excluding hydrogens is 518 g/mol. The molecule has 5 heteroatoms. The highest BCUT2D eigenvalue weighted by molar-refractivity contribution is 5.38. The zero-order valence-electron chi connectivity index (χ0n) is 27.1. The number of rotatable bonds is 24. The van der Waals surface area contributed by atoms with Crippen LogP contribution in [0.15, 0.2) is 58.8 Å². The number of nitrogens with zero attached hydrogens (tertiary/aromatic N) is 3. The van der Waals surface area contributed by atoms with E-state index >= 15 is 0 Å². The standard InChI is InChI=1S/C37H57N3O2/c1-5-8-9-10-11-12-13-14-15-16-27-37(31-38,33-21-18-24-36(30-33)42-7-3)28-19-22-34(40-39-4)26-25-32-20-17-23-35(29-32)41-6-2/h17-18,20-21,23-24,29-30,34H,5-16,19,22,25-28H2,1-4H3/b40-39+. The predicted octanol–water partition coefficient (Wildman–Crippen LogP) is 10.8. The van der Waals surface area contributed by atoms with E-state index in [1.807, 2.05) is 32.0 Å². The van der Waals surface area contributed by atoms with Crippen molar-refractivity contribution in [3.63, 3.8) is 0 Å². The van der Waals surface area contributed by atoms with Gasteiger partial charge in [-0.15, -0.1) is 0 Å². The van der Waals surface area contributed by atoms with Crippen LogP contribution in [0.1, 0.15) is 128 Å². The van der Waals surface area contributed by atoms with Crippen LogP contribution in [0.5, 0.6) is 11.5 Å². The number of benzene rings is 2. The number of ether oxygens (including phenoxy) is 2. The fourth-order valence-electron chi connectivity index (χ4n) is 5.91. The quantitative estimate of drug-likeness (QED) is 0.0923. The molecule has 0 heterocycles. The maximum atomic E-state index is 10.6.